The molecule has 2 aliphatic rings. The Hall–Kier alpha value is -2.53. The molecule has 0 saturated heterocycles. The van der Waals surface area contributed by atoms with E-state index in [9.17, 15) is 5.11 Å². The third kappa shape index (κ3) is 3.59. The second-order valence-electron chi connectivity index (χ2n) is 8.12. The number of anilines is 1. The van der Waals surface area contributed by atoms with E-state index in [0.717, 1.165) is 11.3 Å². The van der Waals surface area contributed by atoms with Crippen molar-refractivity contribution in [3.63, 3.8) is 0 Å². The first kappa shape index (κ1) is 18.8. The first-order valence-electron chi connectivity index (χ1n) is 10.1. The van der Waals surface area contributed by atoms with Crippen molar-refractivity contribution in [3.05, 3.63) is 59.7 Å². The van der Waals surface area contributed by atoms with Crippen LogP contribution in [0, 0.1) is 5.92 Å². The predicted octanol–water partition coefficient (Wildman–Crippen LogP) is 4.33. The topological polar surface area (TPSA) is 71.1 Å². The van der Waals surface area contributed by atoms with Crippen LogP contribution in [0.2, 0.25) is 0 Å². The molecular formula is C23H29N3O2. The number of aromatic hydroxyl groups is 1. The molecule has 1 fully saturated rings. The molecule has 2 atom stereocenters. The molecule has 1 aliphatic heterocycles. The Labute approximate surface area is 166 Å². The standard InChI is InChI=1S/C23H29N3O2/c1-15-22(18-10-13-20(24)21(27)14-18)25-28-23(15)26(2)19-11-8-17(9-12-19)16-6-4-3-5-7-16/h3-7,10,13-15,17,19,23,27H,8-9,11-12,24H2,1-2H3. The van der Waals surface area contributed by atoms with Gasteiger partial charge in [-0.1, -0.05) is 48.5 Å². The molecule has 2 unspecified atom stereocenters. The number of phenolic OH excluding ortho intramolecular Hbond substituents is 1. The number of phenols is 1. The van der Waals surface area contributed by atoms with Crippen LogP contribution in [0.4, 0.5) is 5.69 Å². The van der Waals surface area contributed by atoms with E-state index in [1.807, 2.05) is 6.07 Å². The molecule has 1 heterocycles. The fourth-order valence-corrected chi connectivity index (χ4v) is 4.62. The quantitative estimate of drug-likeness (QED) is 0.613. The maximum absolute atomic E-state index is 9.91. The Kier molecular flexibility index (Phi) is 5.27. The summed E-state index contributed by atoms with van der Waals surface area (Å²) in [5, 5.41) is 14.3. The van der Waals surface area contributed by atoms with Crippen molar-refractivity contribution in [1.82, 2.24) is 4.90 Å². The van der Waals surface area contributed by atoms with Gasteiger partial charge in [0.1, 0.15) is 5.75 Å². The highest BCUT2D eigenvalue weighted by molar-refractivity contribution is 6.03. The molecule has 4 rings (SSSR count). The van der Waals surface area contributed by atoms with E-state index >= 15 is 0 Å². The maximum Gasteiger partial charge on any atom is 0.189 e. The van der Waals surface area contributed by atoms with Gasteiger partial charge in [-0.05, 0) is 56.3 Å². The molecular weight excluding hydrogens is 350 g/mol. The van der Waals surface area contributed by atoms with Crippen molar-refractivity contribution in [2.75, 3.05) is 12.8 Å². The Morgan fingerprint density at radius 3 is 2.46 bits per heavy atom. The van der Waals surface area contributed by atoms with Crippen LogP contribution in [0.1, 0.15) is 49.7 Å². The maximum atomic E-state index is 9.91. The highest BCUT2D eigenvalue weighted by atomic mass is 16.7. The number of nitrogen functional groups attached to an aromatic ring is 1. The third-order valence-electron chi connectivity index (χ3n) is 6.39. The number of nitrogens with two attached hydrogens (primary N) is 1. The molecule has 0 aromatic heterocycles. The molecule has 2 aromatic rings. The van der Waals surface area contributed by atoms with Gasteiger partial charge in [0.15, 0.2) is 6.23 Å². The molecule has 28 heavy (non-hydrogen) atoms. The van der Waals surface area contributed by atoms with Gasteiger partial charge >= 0.3 is 0 Å². The molecule has 1 saturated carbocycles. The fraction of sp³-hybridized carbons (Fsp3) is 0.435. The summed E-state index contributed by atoms with van der Waals surface area (Å²) in [4.78, 5) is 8.18. The van der Waals surface area contributed by atoms with Gasteiger partial charge < -0.3 is 15.7 Å². The van der Waals surface area contributed by atoms with Crippen LogP contribution in [0.3, 0.4) is 0 Å². The summed E-state index contributed by atoms with van der Waals surface area (Å²) < 4.78 is 0. The average molecular weight is 380 g/mol. The molecule has 0 bridgehead atoms. The van der Waals surface area contributed by atoms with E-state index in [2.05, 4.69) is 54.4 Å². The minimum absolute atomic E-state index is 0.0760. The van der Waals surface area contributed by atoms with Crippen LogP contribution in [0.5, 0.6) is 5.75 Å². The van der Waals surface area contributed by atoms with Crippen molar-refractivity contribution in [2.45, 2.75) is 50.8 Å². The van der Waals surface area contributed by atoms with Gasteiger partial charge in [-0.3, -0.25) is 4.90 Å². The molecule has 0 amide bonds. The van der Waals surface area contributed by atoms with E-state index in [-0.39, 0.29) is 17.9 Å². The van der Waals surface area contributed by atoms with Gasteiger partial charge in [0.05, 0.1) is 17.3 Å². The Balaban J connectivity index is 1.38. The summed E-state index contributed by atoms with van der Waals surface area (Å²) >= 11 is 0. The van der Waals surface area contributed by atoms with E-state index in [1.165, 1.54) is 31.2 Å². The van der Waals surface area contributed by atoms with Crippen LogP contribution >= 0.6 is 0 Å². The number of hydrogen-bond acceptors (Lipinski definition) is 5. The van der Waals surface area contributed by atoms with Gasteiger partial charge in [0.2, 0.25) is 0 Å². The molecule has 2 aromatic carbocycles. The van der Waals surface area contributed by atoms with Crippen molar-refractivity contribution in [3.8, 4) is 5.75 Å². The SMILES string of the molecule is CC1C(c2ccc(N)c(O)c2)=NOC1N(C)C1CCC(c2ccccc2)CC1. The highest BCUT2D eigenvalue weighted by Crippen LogP contribution is 2.37. The first-order chi connectivity index (χ1) is 13.5. The highest BCUT2D eigenvalue weighted by Gasteiger charge is 2.38. The Morgan fingerprint density at radius 1 is 1.07 bits per heavy atom. The molecule has 1 aliphatic carbocycles. The van der Waals surface area contributed by atoms with E-state index < -0.39 is 0 Å². The monoisotopic (exact) mass is 379 g/mol. The zero-order chi connectivity index (χ0) is 19.7. The van der Waals surface area contributed by atoms with Crippen LogP contribution < -0.4 is 5.73 Å². The molecule has 148 valence electrons. The summed E-state index contributed by atoms with van der Waals surface area (Å²) in [5.41, 5.74) is 9.28. The van der Waals surface area contributed by atoms with Crippen LogP contribution in [-0.2, 0) is 4.84 Å². The average Bonchev–Trinajstić information content (AvgIpc) is 3.11. The zero-order valence-electron chi connectivity index (χ0n) is 16.6. The smallest absolute Gasteiger partial charge is 0.189 e. The fourth-order valence-electron chi connectivity index (χ4n) is 4.62. The normalized spacial score (nSPS) is 27.5. The minimum atomic E-state index is -0.0760. The molecule has 5 nitrogen and oxygen atoms in total. The Morgan fingerprint density at radius 2 is 1.79 bits per heavy atom. The van der Waals surface area contributed by atoms with E-state index in [1.54, 1.807) is 12.1 Å². The number of benzene rings is 2. The lowest BCUT2D eigenvalue weighted by molar-refractivity contribution is -0.0692. The first-order valence-corrected chi connectivity index (χ1v) is 10.1. The van der Waals surface area contributed by atoms with Crippen LogP contribution in [0.15, 0.2) is 53.7 Å². The lowest BCUT2D eigenvalue weighted by atomic mass is 9.81. The van der Waals surface area contributed by atoms with Gasteiger partial charge in [-0.15, -0.1) is 0 Å². The molecule has 0 radical (unpaired) electrons. The third-order valence-corrected chi connectivity index (χ3v) is 6.39. The van der Waals surface area contributed by atoms with Gasteiger partial charge in [-0.25, -0.2) is 0 Å². The summed E-state index contributed by atoms with van der Waals surface area (Å²) in [6, 6.07) is 16.6. The van der Waals surface area contributed by atoms with Crippen molar-refractivity contribution < 1.29 is 9.94 Å². The van der Waals surface area contributed by atoms with Gasteiger partial charge in [-0.2, -0.15) is 0 Å². The zero-order valence-corrected chi connectivity index (χ0v) is 16.6. The summed E-state index contributed by atoms with van der Waals surface area (Å²) in [7, 11) is 2.15. The summed E-state index contributed by atoms with van der Waals surface area (Å²) in [6.45, 7) is 2.13. The Bertz CT molecular complexity index is 844. The van der Waals surface area contributed by atoms with Gasteiger partial charge in [0.25, 0.3) is 0 Å². The number of rotatable bonds is 4. The number of oxime groups is 1. The summed E-state index contributed by atoms with van der Waals surface area (Å²) in [5.74, 6) is 0.876. The molecule has 0 spiro atoms. The second-order valence-corrected chi connectivity index (χ2v) is 8.12. The second kappa shape index (κ2) is 7.84. The van der Waals surface area contributed by atoms with E-state index in [4.69, 9.17) is 10.6 Å². The minimum Gasteiger partial charge on any atom is -0.506 e. The predicted molar refractivity (Wildman–Crippen MR) is 112 cm³/mol. The number of nitrogens with zero attached hydrogens (tertiary/aromatic N) is 2. The van der Waals surface area contributed by atoms with Gasteiger partial charge in [0, 0.05) is 11.6 Å². The number of hydrogen-bond donors (Lipinski definition) is 2. The molecule has 3 N–H and O–H groups in total. The largest absolute Gasteiger partial charge is 0.506 e. The van der Waals surface area contributed by atoms with Crippen molar-refractivity contribution in [1.29, 1.82) is 0 Å². The van der Waals surface area contributed by atoms with Crippen molar-refractivity contribution >= 4 is 11.4 Å². The lowest BCUT2D eigenvalue weighted by Crippen LogP contribution is -2.45. The van der Waals surface area contributed by atoms with Crippen LogP contribution in [0.25, 0.3) is 0 Å². The molecule has 5 heteroatoms. The lowest BCUT2D eigenvalue weighted by Gasteiger charge is -2.38. The van der Waals surface area contributed by atoms with Crippen molar-refractivity contribution in [2.24, 2.45) is 11.1 Å². The van der Waals surface area contributed by atoms with Crippen LogP contribution in [-0.4, -0.2) is 35.0 Å². The summed E-state index contributed by atoms with van der Waals surface area (Å²) in [6.07, 6.45) is 4.67. The van der Waals surface area contributed by atoms with E-state index in [0.29, 0.717) is 17.6 Å².